The van der Waals surface area contributed by atoms with Crippen LogP contribution in [-0.4, -0.2) is 103 Å². The Balaban J connectivity index is 0.00000168. The molecule has 0 spiro atoms. The van der Waals surface area contributed by atoms with Gasteiger partial charge in [-0.05, 0) is 62.7 Å². The molecule has 0 saturated carbocycles. The van der Waals surface area contributed by atoms with Gasteiger partial charge in [-0.25, -0.2) is 14.6 Å². The van der Waals surface area contributed by atoms with Crippen LogP contribution in [0.25, 0.3) is 16.9 Å². The average molecular weight is 745 g/mol. The number of pyridine rings is 1. The average Bonchev–Trinajstić information content (AvgIpc) is 3.74. The highest BCUT2D eigenvalue weighted by Crippen LogP contribution is 2.37. The zero-order valence-electron chi connectivity index (χ0n) is 28.2. The normalized spacial score (nSPS) is 15.1. The third-order valence-corrected chi connectivity index (χ3v) is 9.16. The molecule has 6 rings (SSSR count). The third-order valence-electron chi connectivity index (χ3n) is 8.84. The van der Waals surface area contributed by atoms with E-state index in [-0.39, 0.29) is 69.1 Å². The number of hydrogen-bond donors (Lipinski definition) is 4. The number of nitrogens with one attached hydrogen (secondary N) is 2. The molecule has 2 aliphatic rings. The number of halogens is 4. The number of carboxylic acid groups (broad SMARTS) is 1. The van der Waals surface area contributed by atoms with E-state index in [1.54, 1.807) is 17.9 Å². The predicted molar refractivity (Wildman–Crippen MR) is 184 cm³/mol. The first-order valence-electron chi connectivity index (χ1n) is 16.1. The summed E-state index contributed by atoms with van der Waals surface area (Å²) in [5, 5.41) is 16.7. The highest BCUT2D eigenvalue weighted by molar-refractivity contribution is 6.34. The first-order valence-corrected chi connectivity index (χ1v) is 16.5. The number of carbonyl (C=O) groups excluding carboxylic acids is 3. The van der Waals surface area contributed by atoms with Crippen molar-refractivity contribution in [3.05, 3.63) is 70.5 Å². The second-order valence-corrected chi connectivity index (χ2v) is 12.6. The fourth-order valence-electron chi connectivity index (χ4n) is 6.05. The molecular weight excluding hydrogens is 709 g/mol. The zero-order chi connectivity index (χ0) is 37.7. The number of piperidine rings is 1. The van der Waals surface area contributed by atoms with Crippen LogP contribution >= 0.6 is 11.6 Å². The van der Waals surface area contributed by atoms with E-state index in [9.17, 15) is 27.6 Å². The maximum atomic E-state index is 14.1. The molecule has 0 bridgehead atoms. The predicted octanol–water partition coefficient (Wildman–Crippen LogP) is 3.47. The number of nitrogen functional groups attached to an aromatic ring is 1. The lowest BCUT2D eigenvalue weighted by Crippen LogP contribution is -2.52. The molecule has 276 valence electrons. The minimum Gasteiger partial charge on any atom is -0.483 e. The van der Waals surface area contributed by atoms with Crippen molar-refractivity contribution >= 4 is 47.3 Å². The summed E-state index contributed by atoms with van der Waals surface area (Å²) < 4.78 is 44.5. The molecule has 2 fully saturated rings. The topological polar surface area (TPSA) is 194 Å². The summed E-state index contributed by atoms with van der Waals surface area (Å²) >= 11 is 6.48. The van der Waals surface area contributed by atoms with Gasteiger partial charge in [-0.1, -0.05) is 11.6 Å². The van der Waals surface area contributed by atoms with Gasteiger partial charge in [0.05, 0.1) is 39.9 Å². The lowest BCUT2D eigenvalue weighted by Gasteiger charge is -2.37. The van der Waals surface area contributed by atoms with Crippen LogP contribution in [0.4, 0.5) is 24.7 Å². The molecule has 0 radical (unpaired) electrons. The van der Waals surface area contributed by atoms with Gasteiger partial charge in [0.1, 0.15) is 5.82 Å². The minimum atomic E-state index is -4.81. The molecule has 3 aromatic heterocycles. The minimum absolute atomic E-state index is 0.000347. The third kappa shape index (κ3) is 8.18. The molecule has 5 N–H and O–H groups in total. The van der Waals surface area contributed by atoms with E-state index in [0.29, 0.717) is 31.7 Å². The molecule has 0 atom stereocenters. The number of nitrogens with two attached hydrogens (primary N) is 1. The van der Waals surface area contributed by atoms with Gasteiger partial charge in [0.2, 0.25) is 5.91 Å². The Labute approximate surface area is 300 Å². The van der Waals surface area contributed by atoms with E-state index in [1.807, 2.05) is 4.90 Å². The van der Waals surface area contributed by atoms with Gasteiger partial charge in [0, 0.05) is 51.0 Å². The van der Waals surface area contributed by atoms with E-state index in [0.717, 1.165) is 36.8 Å². The Morgan fingerprint density at radius 2 is 1.71 bits per heavy atom. The number of alkyl halides is 3. The number of nitrogens with zero attached hydrogens (tertiary/aromatic N) is 7. The molecule has 19 heteroatoms. The summed E-state index contributed by atoms with van der Waals surface area (Å²) in [6.07, 6.45) is 0.474. The van der Waals surface area contributed by atoms with Crippen LogP contribution in [-0.2, 0) is 22.8 Å². The number of anilines is 2. The van der Waals surface area contributed by atoms with Gasteiger partial charge < -0.3 is 35.8 Å². The van der Waals surface area contributed by atoms with E-state index in [4.69, 9.17) is 27.2 Å². The second-order valence-electron chi connectivity index (χ2n) is 12.2. The molecular formula is C33H36ClF3N10O5. The van der Waals surface area contributed by atoms with Crippen molar-refractivity contribution in [2.24, 2.45) is 13.0 Å². The molecule has 1 aromatic carbocycles. The van der Waals surface area contributed by atoms with Gasteiger partial charge in [-0.3, -0.25) is 19.2 Å². The van der Waals surface area contributed by atoms with Gasteiger partial charge in [0.15, 0.2) is 11.5 Å². The van der Waals surface area contributed by atoms with Crippen molar-refractivity contribution < 1.29 is 37.5 Å². The number of aryl methyl sites for hydroxylation is 1. The van der Waals surface area contributed by atoms with Crippen LogP contribution in [0.1, 0.15) is 45.1 Å². The summed E-state index contributed by atoms with van der Waals surface area (Å²) in [6.45, 7) is 4.70. The smallest absolute Gasteiger partial charge is 0.435 e. The number of rotatable bonds is 6. The van der Waals surface area contributed by atoms with E-state index in [2.05, 4.69) is 25.7 Å². The number of piperazine rings is 1. The highest BCUT2D eigenvalue weighted by atomic mass is 35.5. The molecule has 0 unspecified atom stereocenters. The number of amides is 3. The Morgan fingerprint density at radius 1 is 1.06 bits per heavy atom. The summed E-state index contributed by atoms with van der Waals surface area (Å²) in [6, 6.07) is 5.98. The summed E-state index contributed by atoms with van der Waals surface area (Å²) in [7, 11) is 1.41. The molecule has 15 nitrogen and oxygen atoms in total. The number of imidazole rings is 1. The Morgan fingerprint density at radius 3 is 2.33 bits per heavy atom. The Hall–Kier alpha value is -5.49. The highest BCUT2D eigenvalue weighted by Gasteiger charge is 2.39. The van der Waals surface area contributed by atoms with Gasteiger partial charge in [-0.2, -0.15) is 18.3 Å². The number of hydrogen-bond acceptors (Lipinski definition) is 9. The maximum absolute atomic E-state index is 14.1. The number of carbonyl (C=O) groups is 4. The fourth-order valence-corrected chi connectivity index (χ4v) is 6.31. The van der Waals surface area contributed by atoms with Crippen LogP contribution in [0, 0.1) is 12.8 Å². The number of benzene rings is 1. The van der Waals surface area contributed by atoms with Crippen molar-refractivity contribution in [3.8, 4) is 16.9 Å². The standard InChI is InChI=1S/C32H34ClF3N10O3.CH2O2/c1-18-13-21(15-39-27(18)37)46-17-23(26(42-46)32(34,35)36)25-16-40-28(43(25)2)29(47)41-20-3-4-22(24(33)14-20)31(49)45-11-9-44(10-12-45)30(48)19-5-7-38-8-6-19;2-1-3/h3-4,13-17,19,38H,5-12H2,1-2H3,(H2,37,39)(H,41,47);1H,(H,2,3). The fraction of sp³-hybridized carbons (Fsp3) is 0.364. The van der Waals surface area contributed by atoms with E-state index < -0.39 is 17.8 Å². The SMILES string of the molecule is Cc1cc(-n2cc(-c3cnc(C(=O)Nc4ccc(C(=O)N5CCN(C(=O)C6CCNCC6)CC5)c(Cl)c4)n3C)c(C(F)(F)F)n2)cnc1N.O=CO. The lowest BCUT2D eigenvalue weighted by molar-refractivity contribution is -0.141. The first kappa shape index (κ1) is 37.8. The van der Waals surface area contributed by atoms with Crippen LogP contribution < -0.4 is 16.4 Å². The largest absolute Gasteiger partial charge is 0.483 e. The second kappa shape index (κ2) is 15.8. The molecule has 3 amide bonds. The molecule has 52 heavy (non-hydrogen) atoms. The summed E-state index contributed by atoms with van der Waals surface area (Å²) in [5.41, 5.74) is 5.62. The maximum Gasteiger partial charge on any atom is 0.435 e. The Bertz CT molecular complexity index is 1970. The Kier molecular flexibility index (Phi) is 11.5. The van der Waals surface area contributed by atoms with E-state index in [1.165, 1.54) is 42.2 Å². The molecule has 5 heterocycles. The monoisotopic (exact) mass is 744 g/mol. The number of aromatic nitrogens is 5. The zero-order valence-corrected chi connectivity index (χ0v) is 28.9. The van der Waals surface area contributed by atoms with Crippen LogP contribution in [0.15, 0.2) is 42.9 Å². The van der Waals surface area contributed by atoms with Crippen LogP contribution in [0.2, 0.25) is 5.02 Å². The van der Waals surface area contributed by atoms with Gasteiger partial charge in [-0.15, -0.1) is 0 Å². The van der Waals surface area contributed by atoms with Crippen molar-refractivity contribution in [1.82, 2.24) is 39.4 Å². The van der Waals surface area contributed by atoms with Crippen molar-refractivity contribution in [2.75, 3.05) is 50.3 Å². The van der Waals surface area contributed by atoms with Crippen LogP contribution in [0.5, 0.6) is 0 Å². The van der Waals surface area contributed by atoms with E-state index >= 15 is 0 Å². The van der Waals surface area contributed by atoms with Crippen molar-refractivity contribution in [2.45, 2.75) is 25.9 Å². The van der Waals surface area contributed by atoms with Gasteiger partial charge in [0.25, 0.3) is 18.3 Å². The molecule has 2 aliphatic heterocycles. The summed E-state index contributed by atoms with van der Waals surface area (Å²) in [5.74, 6) is -0.791. The summed E-state index contributed by atoms with van der Waals surface area (Å²) in [4.78, 5) is 59.3. The molecule has 2 saturated heterocycles. The molecule has 0 aliphatic carbocycles. The lowest BCUT2D eigenvalue weighted by atomic mass is 9.96. The van der Waals surface area contributed by atoms with Crippen molar-refractivity contribution in [3.63, 3.8) is 0 Å². The first-order chi connectivity index (χ1) is 24.7. The quantitative estimate of drug-likeness (QED) is 0.213. The van der Waals surface area contributed by atoms with Gasteiger partial charge >= 0.3 is 6.18 Å². The van der Waals surface area contributed by atoms with Crippen LogP contribution in [0.3, 0.4) is 0 Å². The van der Waals surface area contributed by atoms with Crippen molar-refractivity contribution in [1.29, 1.82) is 0 Å². The molecule has 4 aromatic rings.